The van der Waals surface area contributed by atoms with E-state index in [1.807, 2.05) is 12.1 Å². The molecule has 0 spiro atoms. The van der Waals surface area contributed by atoms with Crippen LogP contribution in [0.25, 0.3) is 0 Å². The zero-order valence-corrected chi connectivity index (χ0v) is 12.2. The molecule has 1 aromatic rings. The number of ether oxygens (including phenoxy) is 2. The summed E-state index contributed by atoms with van der Waals surface area (Å²) in [6, 6.07) is 6.34. The standard InChI is InChI=1S/C16H21NO4/c1-11(17-5-4-12(10-17)8-16(18)19)13-2-3-14-15(9-13)21-7-6-20-14/h2-3,9,11-12H,4-8,10H2,1H3,(H,18,19). The lowest BCUT2D eigenvalue weighted by Gasteiger charge is -2.26. The Labute approximate surface area is 124 Å². The summed E-state index contributed by atoms with van der Waals surface area (Å²) in [4.78, 5) is 13.2. The van der Waals surface area contributed by atoms with Crippen LogP contribution in [0.3, 0.4) is 0 Å². The number of likely N-dealkylation sites (tertiary alicyclic amines) is 1. The number of carboxylic acids is 1. The Bertz CT molecular complexity index is 531. The normalized spacial score (nSPS) is 23.0. The van der Waals surface area contributed by atoms with Gasteiger partial charge in [-0.3, -0.25) is 9.69 Å². The minimum atomic E-state index is -0.700. The zero-order chi connectivity index (χ0) is 14.8. The number of carboxylic acid groups (broad SMARTS) is 1. The number of aliphatic carboxylic acids is 1. The van der Waals surface area contributed by atoms with E-state index in [0.29, 0.717) is 13.2 Å². The fraction of sp³-hybridized carbons (Fsp3) is 0.562. The number of fused-ring (bicyclic) bond motifs is 1. The van der Waals surface area contributed by atoms with Gasteiger partial charge in [-0.1, -0.05) is 6.07 Å². The number of benzene rings is 1. The Morgan fingerprint density at radius 1 is 1.38 bits per heavy atom. The van der Waals surface area contributed by atoms with Crippen LogP contribution in [0.5, 0.6) is 11.5 Å². The molecule has 3 rings (SSSR count). The molecule has 21 heavy (non-hydrogen) atoms. The van der Waals surface area contributed by atoms with Crippen molar-refractivity contribution in [1.29, 1.82) is 0 Å². The molecule has 0 aromatic heterocycles. The first kappa shape index (κ1) is 14.2. The molecule has 114 valence electrons. The second kappa shape index (κ2) is 5.93. The van der Waals surface area contributed by atoms with Crippen LogP contribution in [-0.4, -0.2) is 42.3 Å². The van der Waals surface area contributed by atoms with E-state index in [2.05, 4.69) is 17.9 Å². The maximum atomic E-state index is 10.8. The van der Waals surface area contributed by atoms with E-state index in [1.165, 1.54) is 5.56 Å². The smallest absolute Gasteiger partial charge is 0.303 e. The monoisotopic (exact) mass is 291 g/mol. The summed E-state index contributed by atoms with van der Waals surface area (Å²) < 4.78 is 11.2. The molecule has 0 aliphatic carbocycles. The summed E-state index contributed by atoms with van der Waals surface area (Å²) in [5.74, 6) is 1.19. The van der Waals surface area contributed by atoms with Crippen molar-refractivity contribution in [3.63, 3.8) is 0 Å². The molecule has 2 atom stereocenters. The van der Waals surface area contributed by atoms with E-state index in [1.54, 1.807) is 0 Å². The highest BCUT2D eigenvalue weighted by Gasteiger charge is 2.28. The SMILES string of the molecule is CC(c1ccc2c(c1)OCCO2)N1CCC(CC(=O)O)C1. The molecule has 2 heterocycles. The summed E-state index contributed by atoms with van der Waals surface area (Å²) in [7, 11) is 0. The quantitative estimate of drug-likeness (QED) is 0.922. The van der Waals surface area contributed by atoms with Crippen LogP contribution in [0.4, 0.5) is 0 Å². The molecule has 2 aliphatic heterocycles. The van der Waals surface area contributed by atoms with Crippen molar-refractivity contribution in [3.05, 3.63) is 23.8 Å². The fourth-order valence-electron chi connectivity index (χ4n) is 3.16. The molecular weight excluding hydrogens is 270 g/mol. The summed E-state index contributed by atoms with van der Waals surface area (Å²) >= 11 is 0. The third kappa shape index (κ3) is 3.13. The topological polar surface area (TPSA) is 59.0 Å². The Hall–Kier alpha value is -1.75. The van der Waals surface area contributed by atoms with Crippen LogP contribution in [0.2, 0.25) is 0 Å². The van der Waals surface area contributed by atoms with Crippen molar-refractivity contribution in [3.8, 4) is 11.5 Å². The van der Waals surface area contributed by atoms with Crippen LogP contribution < -0.4 is 9.47 Å². The highest BCUT2D eigenvalue weighted by molar-refractivity contribution is 5.67. The largest absolute Gasteiger partial charge is 0.486 e. The Kier molecular flexibility index (Phi) is 4.01. The molecular formula is C16H21NO4. The van der Waals surface area contributed by atoms with Gasteiger partial charge in [0.05, 0.1) is 0 Å². The van der Waals surface area contributed by atoms with Crippen LogP contribution in [0.1, 0.15) is 31.4 Å². The third-order valence-corrected chi connectivity index (χ3v) is 4.38. The van der Waals surface area contributed by atoms with E-state index < -0.39 is 5.97 Å². The van der Waals surface area contributed by atoms with Crippen molar-refractivity contribution < 1.29 is 19.4 Å². The predicted octanol–water partition coefficient (Wildman–Crippen LogP) is 2.32. The summed E-state index contributed by atoms with van der Waals surface area (Å²) in [5, 5.41) is 8.90. The Morgan fingerprint density at radius 2 is 2.14 bits per heavy atom. The second-order valence-electron chi connectivity index (χ2n) is 5.83. The van der Waals surface area contributed by atoms with Crippen molar-refractivity contribution in [1.82, 2.24) is 4.90 Å². The maximum absolute atomic E-state index is 10.8. The van der Waals surface area contributed by atoms with Crippen LogP contribution in [0.15, 0.2) is 18.2 Å². The van der Waals surface area contributed by atoms with Gasteiger partial charge in [0.25, 0.3) is 0 Å². The van der Waals surface area contributed by atoms with Gasteiger partial charge < -0.3 is 14.6 Å². The van der Waals surface area contributed by atoms with Gasteiger partial charge in [-0.25, -0.2) is 0 Å². The number of nitrogens with zero attached hydrogens (tertiary/aromatic N) is 1. The van der Waals surface area contributed by atoms with Gasteiger partial charge >= 0.3 is 5.97 Å². The van der Waals surface area contributed by atoms with E-state index >= 15 is 0 Å². The van der Waals surface area contributed by atoms with Crippen LogP contribution >= 0.6 is 0 Å². The molecule has 1 N–H and O–H groups in total. The van der Waals surface area contributed by atoms with Crippen LogP contribution in [0, 0.1) is 5.92 Å². The maximum Gasteiger partial charge on any atom is 0.303 e. The Morgan fingerprint density at radius 3 is 2.90 bits per heavy atom. The lowest BCUT2D eigenvalue weighted by molar-refractivity contribution is -0.138. The molecule has 5 nitrogen and oxygen atoms in total. The predicted molar refractivity (Wildman–Crippen MR) is 77.8 cm³/mol. The minimum absolute atomic E-state index is 0.264. The first-order valence-corrected chi connectivity index (χ1v) is 7.49. The fourth-order valence-corrected chi connectivity index (χ4v) is 3.16. The van der Waals surface area contributed by atoms with E-state index in [9.17, 15) is 4.79 Å². The summed E-state index contributed by atoms with van der Waals surface area (Å²) in [6.07, 6.45) is 1.23. The van der Waals surface area contributed by atoms with Crippen molar-refractivity contribution >= 4 is 5.97 Å². The number of rotatable bonds is 4. The Balaban J connectivity index is 1.68. The van der Waals surface area contributed by atoms with Gasteiger partial charge in [-0.05, 0) is 43.5 Å². The molecule has 5 heteroatoms. The molecule has 0 radical (unpaired) electrons. The lowest BCUT2D eigenvalue weighted by atomic mass is 10.0. The number of hydrogen-bond acceptors (Lipinski definition) is 4. The third-order valence-electron chi connectivity index (χ3n) is 4.38. The molecule has 0 saturated carbocycles. The number of hydrogen-bond donors (Lipinski definition) is 1. The van der Waals surface area contributed by atoms with Gasteiger partial charge in [-0.2, -0.15) is 0 Å². The van der Waals surface area contributed by atoms with Crippen LogP contribution in [-0.2, 0) is 4.79 Å². The highest BCUT2D eigenvalue weighted by Crippen LogP contribution is 2.35. The average Bonchev–Trinajstić information content (AvgIpc) is 2.93. The molecule has 2 unspecified atom stereocenters. The second-order valence-corrected chi connectivity index (χ2v) is 5.83. The van der Waals surface area contributed by atoms with Crippen molar-refractivity contribution in [2.45, 2.75) is 25.8 Å². The molecule has 1 fully saturated rings. The number of carbonyl (C=O) groups is 1. The highest BCUT2D eigenvalue weighted by atomic mass is 16.6. The van der Waals surface area contributed by atoms with Gasteiger partial charge in [0.2, 0.25) is 0 Å². The first-order chi connectivity index (χ1) is 10.1. The van der Waals surface area contributed by atoms with Gasteiger partial charge in [0.1, 0.15) is 13.2 Å². The van der Waals surface area contributed by atoms with Crippen molar-refractivity contribution in [2.75, 3.05) is 26.3 Å². The average molecular weight is 291 g/mol. The van der Waals surface area contributed by atoms with Crippen molar-refractivity contribution in [2.24, 2.45) is 5.92 Å². The summed E-state index contributed by atoms with van der Waals surface area (Å²) in [5.41, 5.74) is 1.19. The summed E-state index contributed by atoms with van der Waals surface area (Å²) in [6.45, 7) is 5.16. The van der Waals surface area contributed by atoms with Gasteiger partial charge in [0, 0.05) is 19.0 Å². The molecule has 1 aromatic carbocycles. The lowest BCUT2D eigenvalue weighted by Crippen LogP contribution is -2.25. The molecule has 2 aliphatic rings. The molecule has 1 saturated heterocycles. The molecule has 0 bridgehead atoms. The van der Waals surface area contributed by atoms with E-state index in [4.69, 9.17) is 14.6 Å². The van der Waals surface area contributed by atoms with Gasteiger partial charge in [0.15, 0.2) is 11.5 Å². The van der Waals surface area contributed by atoms with E-state index in [0.717, 1.165) is 31.0 Å². The zero-order valence-electron chi connectivity index (χ0n) is 12.2. The first-order valence-electron chi connectivity index (χ1n) is 7.49. The van der Waals surface area contributed by atoms with E-state index in [-0.39, 0.29) is 18.4 Å². The minimum Gasteiger partial charge on any atom is -0.486 e. The molecule has 0 amide bonds. The van der Waals surface area contributed by atoms with Gasteiger partial charge in [-0.15, -0.1) is 0 Å².